The lowest BCUT2D eigenvalue weighted by Gasteiger charge is -2.16. The van der Waals surface area contributed by atoms with Gasteiger partial charge in [-0.15, -0.1) is 0 Å². The molecular formula is C7H11BrN2O. The molecular weight excluding hydrogens is 208 g/mol. The summed E-state index contributed by atoms with van der Waals surface area (Å²) in [5.41, 5.74) is 6.47. The Morgan fingerprint density at radius 3 is 2.18 bits per heavy atom. The predicted octanol–water partition coefficient (Wildman–Crippen LogP) is 2.32. The Morgan fingerprint density at radius 1 is 1.45 bits per heavy atom. The van der Waals surface area contributed by atoms with Crippen molar-refractivity contribution in [3.05, 3.63) is 10.2 Å². The summed E-state index contributed by atoms with van der Waals surface area (Å²) < 4.78 is 5.50. The van der Waals surface area contributed by atoms with E-state index in [9.17, 15) is 0 Å². The van der Waals surface area contributed by atoms with E-state index in [0.717, 1.165) is 5.56 Å². The van der Waals surface area contributed by atoms with Crippen LogP contribution in [0.15, 0.2) is 9.13 Å². The van der Waals surface area contributed by atoms with Gasteiger partial charge in [0.25, 0.3) is 0 Å². The van der Waals surface area contributed by atoms with Crippen LogP contribution in [-0.2, 0) is 5.41 Å². The molecule has 0 fully saturated rings. The van der Waals surface area contributed by atoms with Gasteiger partial charge in [0.05, 0.1) is 5.56 Å². The lowest BCUT2D eigenvalue weighted by Crippen LogP contribution is -2.12. The maximum Gasteiger partial charge on any atom is 0.227 e. The van der Waals surface area contributed by atoms with Crippen LogP contribution in [0.5, 0.6) is 0 Å². The Hall–Kier alpha value is -0.510. The number of aromatic nitrogens is 1. The maximum absolute atomic E-state index is 5.57. The molecule has 0 saturated carbocycles. The average molecular weight is 219 g/mol. The normalized spacial score (nSPS) is 12.0. The molecule has 0 unspecified atom stereocenters. The van der Waals surface area contributed by atoms with Gasteiger partial charge < -0.3 is 10.3 Å². The minimum absolute atomic E-state index is 0.0249. The largest absolute Gasteiger partial charge is 0.367 e. The highest BCUT2D eigenvalue weighted by Gasteiger charge is 2.24. The van der Waals surface area contributed by atoms with Crippen LogP contribution in [0.1, 0.15) is 26.3 Å². The molecule has 1 heterocycles. The van der Waals surface area contributed by atoms with Gasteiger partial charge in [-0.3, -0.25) is 0 Å². The first kappa shape index (κ1) is 8.59. The van der Waals surface area contributed by atoms with Crippen LogP contribution >= 0.6 is 15.9 Å². The van der Waals surface area contributed by atoms with Crippen LogP contribution in [0.25, 0.3) is 0 Å². The number of anilines is 1. The number of nitrogens with zero attached hydrogens (tertiary/aromatic N) is 1. The molecule has 11 heavy (non-hydrogen) atoms. The quantitative estimate of drug-likeness (QED) is 0.728. The third-order valence-corrected chi connectivity index (χ3v) is 1.97. The van der Waals surface area contributed by atoms with E-state index in [1.165, 1.54) is 0 Å². The lowest BCUT2D eigenvalue weighted by molar-refractivity contribution is 0.430. The molecule has 0 aliphatic carbocycles. The maximum atomic E-state index is 5.57. The molecule has 1 rings (SSSR count). The van der Waals surface area contributed by atoms with Crippen molar-refractivity contribution < 1.29 is 4.52 Å². The molecule has 1 aromatic rings. The highest BCUT2D eigenvalue weighted by atomic mass is 79.9. The lowest BCUT2D eigenvalue weighted by atomic mass is 9.89. The summed E-state index contributed by atoms with van der Waals surface area (Å²) in [6, 6.07) is 0. The fraction of sp³-hybridized carbons (Fsp3) is 0.571. The molecule has 0 radical (unpaired) electrons. The molecule has 1 aromatic heterocycles. The second-order valence-corrected chi connectivity index (χ2v) is 4.21. The molecule has 62 valence electrons. The van der Waals surface area contributed by atoms with Crippen molar-refractivity contribution >= 4 is 21.8 Å². The topological polar surface area (TPSA) is 52.0 Å². The molecule has 0 aliphatic heterocycles. The zero-order valence-electron chi connectivity index (χ0n) is 6.81. The van der Waals surface area contributed by atoms with Crippen LogP contribution in [0.4, 0.5) is 5.88 Å². The van der Waals surface area contributed by atoms with Gasteiger partial charge in [0.15, 0.2) is 4.60 Å². The molecule has 0 spiro atoms. The van der Waals surface area contributed by atoms with E-state index in [-0.39, 0.29) is 5.41 Å². The smallest absolute Gasteiger partial charge is 0.227 e. The monoisotopic (exact) mass is 218 g/mol. The van der Waals surface area contributed by atoms with E-state index < -0.39 is 0 Å². The van der Waals surface area contributed by atoms with Crippen LogP contribution < -0.4 is 5.73 Å². The van der Waals surface area contributed by atoms with Gasteiger partial charge in [-0.2, -0.15) is 0 Å². The van der Waals surface area contributed by atoms with Crippen molar-refractivity contribution in [1.29, 1.82) is 0 Å². The average Bonchev–Trinajstić information content (AvgIpc) is 2.08. The van der Waals surface area contributed by atoms with Crippen LogP contribution in [0, 0.1) is 0 Å². The summed E-state index contributed by atoms with van der Waals surface area (Å²) >= 11 is 3.27. The number of nitrogen functional groups attached to an aromatic ring is 1. The second-order valence-electron chi connectivity index (χ2n) is 3.46. The van der Waals surface area contributed by atoms with Crippen molar-refractivity contribution in [2.24, 2.45) is 0 Å². The third-order valence-electron chi connectivity index (χ3n) is 1.43. The third kappa shape index (κ3) is 1.56. The zero-order valence-corrected chi connectivity index (χ0v) is 8.40. The molecule has 0 bridgehead atoms. The molecule has 0 atom stereocenters. The summed E-state index contributed by atoms with van der Waals surface area (Å²) in [6.07, 6.45) is 0. The van der Waals surface area contributed by atoms with E-state index in [1.54, 1.807) is 0 Å². The summed E-state index contributed by atoms with van der Waals surface area (Å²) in [7, 11) is 0. The first-order valence-electron chi connectivity index (χ1n) is 3.34. The van der Waals surface area contributed by atoms with Gasteiger partial charge in [-0.1, -0.05) is 25.9 Å². The molecule has 3 nitrogen and oxygen atoms in total. The van der Waals surface area contributed by atoms with Gasteiger partial charge >= 0.3 is 0 Å². The van der Waals surface area contributed by atoms with E-state index in [0.29, 0.717) is 10.5 Å². The summed E-state index contributed by atoms with van der Waals surface area (Å²) in [4.78, 5) is 0. The summed E-state index contributed by atoms with van der Waals surface area (Å²) in [5.74, 6) is 0.393. The van der Waals surface area contributed by atoms with E-state index >= 15 is 0 Å². The van der Waals surface area contributed by atoms with Crippen LogP contribution in [0.2, 0.25) is 0 Å². The fourth-order valence-electron chi connectivity index (χ4n) is 0.961. The zero-order chi connectivity index (χ0) is 8.65. The van der Waals surface area contributed by atoms with E-state index in [2.05, 4.69) is 41.9 Å². The van der Waals surface area contributed by atoms with Gasteiger partial charge in [0, 0.05) is 0 Å². The summed E-state index contributed by atoms with van der Waals surface area (Å²) in [6.45, 7) is 6.17. The number of nitrogens with two attached hydrogens (primary N) is 1. The predicted molar refractivity (Wildman–Crippen MR) is 47.3 cm³/mol. The Bertz CT molecular complexity index is 242. The Labute approximate surface area is 74.1 Å². The van der Waals surface area contributed by atoms with Crippen molar-refractivity contribution in [3.8, 4) is 0 Å². The molecule has 2 N–H and O–H groups in total. The Balaban J connectivity index is 3.21. The van der Waals surface area contributed by atoms with E-state index in [1.807, 2.05) is 0 Å². The van der Waals surface area contributed by atoms with Gasteiger partial charge in [0.1, 0.15) is 0 Å². The number of hydrogen-bond acceptors (Lipinski definition) is 3. The molecule has 0 amide bonds. The highest BCUT2D eigenvalue weighted by molar-refractivity contribution is 9.10. The van der Waals surface area contributed by atoms with Gasteiger partial charge in [-0.05, 0) is 21.3 Å². The van der Waals surface area contributed by atoms with Crippen molar-refractivity contribution in [2.75, 3.05) is 5.73 Å². The molecule has 0 saturated heterocycles. The SMILES string of the molecule is CC(C)(C)c1c(Br)noc1N. The van der Waals surface area contributed by atoms with Crippen LogP contribution in [-0.4, -0.2) is 5.16 Å². The van der Waals surface area contributed by atoms with Crippen molar-refractivity contribution in [3.63, 3.8) is 0 Å². The van der Waals surface area contributed by atoms with Crippen molar-refractivity contribution in [2.45, 2.75) is 26.2 Å². The second kappa shape index (κ2) is 2.52. The Kier molecular flexibility index (Phi) is 1.96. The summed E-state index contributed by atoms with van der Waals surface area (Å²) in [5, 5.41) is 3.70. The number of hydrogen-bond donors (Lipinski definition) is 1. The minimum atomic E-state index is -0.0249. The highest BCUT2D eigenvalue weighted by Crippen LogP contribution is 2.33. The molecule has 0 aromatic carbocycles. The molecule has 4 heteroatoms. The van der Waals surface area contributed by atoms with Crippen molar-refractivity contribution in [1.82, 2.24) is 5.16 Å². The Morgan fingerprint density at radius 2 is 2.00 bits per heavy atom. The fourth-order valence-corrected chi connectivity index (χ4v) is 1.82. The first-order chi connectivity index (χ1) is 4.93. The number of rotatable bonds is 0. The first-order valence-corrected chi connectivity index (χ1v) is 4.13. The standard InChI is InChI=1S/C7H11BrN2O/c1-7(2,3)4-5(8)10-11-6(4)9/h9H2,1-3H3. The van der Waals surface area contributed by atoms with Gasteiger partial charge in [-0.25, -0.2) is 0 Å². The number of halogens is 1. The molecule has 0 aliphatic rings. The van der Waals surface area contributed by atoms with Gasteiger partial charge in [0.2, 0.25) is 5.88 Å². The van der Waals surface area contributed by atoms with Crippen LogP contribution in [0.3, 0.4) is 0 Å². The minimum Gasteiger partial charge on any atom is -0.367 e. The van der Waals surface area contributed by atoms with E-state index in [4.69, 9.17) is 10.3 Å².